The van der Waals surface area contributed by atoms with E-state index in [2.05, 4.69) is 14.8 Å². The molecule has 0 amide bonds. The van der Waals surface area contributed by atoms with Gasteiger partial charge in [0.25, 0.3) is 0 Å². The molecule has 0 bridgehead atoms. The van der Waals surface area contributed by atoms with Crippen molar-refractivity contribution in [3.63, 3.8) is 0 Å². The van der Waals surface area contributed by atoms with Gasteiger partial charge in [0, 0.05) is 16.8 Å². The Labute approximate surface area is 135 Å². The van der Waals surface area contributed by atoms with Crippen LogP contribution in [0.5, 0.6) is 0 Å². The SMILES string of the molecule is [N-]=[N+]=NCCC(O)C(O)c1ccc2c3c(cccc13)C(=O)OC2=O. The fraction of sp³-hybridized carbons (Fsp3) is 0.250. The molecule has 3 rings (SSSR count). The van der Waals surface area contributed by atoms with Crippen molar-refractivity contribution in [1.29, 1.82) is 0 Å². The van der Waals surface area contributed by atoms with Crippen molar-refractivity contribution in [2.24, 2.45) is 5.11 Å². The fourth-order valence-corrected chi connectivity index (χ4v) is 2.82. The molecule has 0 spiro atoms. The van der Waals surface area contributed by atoms with E-state index in [9.17, 15) is 19.8 Å². The van der Waals surface area contributed by atoms with E-state index in [1.54, 1.807) is 12.1 Å². The molecule has 2 aromatic rings. The molecule has 1 aliphatic rings. The third-order valence-electron chi connectivity index (χ3n) is 3.97. The van der Waals surface area contributed by atoms with Crippen LogP contribution in [0.15, 0.2) is 35.4 Å². The number of carbonyl (C=O) groups excluding carboxylic acids is 2. The summed E-state index contributed by atoms with van der Waals surface area (Å²) in [7, 11) is 0. The van der Waals surface area contributed by atoms with Crippen LogP contribution >= 0.6 is 0 Å². The summed E-state index contributed by atoms with van der Waals surface area (Å²) in [5.41, 5.74) is 9.11. The fourth-order valence-electron chi connectivity index (χ4n) is 2.82. The lowest BCUT2D eigenvalue weighted by Gasteiger charge is -2.22. The zero-order valence-corrected chi connectivity index (χ0v) is 12.4. The predicted molar refractivity (Wildman–Crippen MR) is 83.3 cm³/mol. The van der Waals surface area contributed by atoms with Crippen molar-refractivity contribution < 1.29 is 24.5 Å². The summed E-state index contributed by atoms with van der Waals surface area (Å²) in [6.07, 6.45) is -2.33. The molecule has 0 fully saturated rings. The number of esters is 2. The maximum Gasteiger partial charge on any atom is 0.346 e. The van der Waals surface area contributed by atoms with Crippen LogP contribution in [0.25, 0.3) is 21.2 Å². The van der Waals surface area contributed by atoms with Crippen molar-refractivity contribution in [2.45, 2.75) is 18.6 Å². The quantitative estimate of drug-likeness (QED) is 0.286. The Bertz CT molecular complexity index is 868. The zero-order valence-electron chi connectivity index (χ0n) is 12.4. The number of aliphatic hydroxyl groups is 2. The van der Waals surface area contributed by atoms with Crippen molar-refractivity contribution in [3.05, 3.63) is 57.5 Å². The molecule has 0 saturated heterocycles. The Hall–Kier alpha value is -2.93. The smallest absolute Gasteiger partial charge is 0.346 e. The van der Waals surface area contributed by atoms with Crippen LogP contribution in [-0.2, 0) is 4.74 Å². The Morgan fingerprint density at radius 2 is 1.83 bits per heavy atom. The molecule has 0 aromatic heterocycles. The molecule has 2 N–H and O–H groups in total. The third kappa shape index (κ3) is 2.59. The minimum absolute atomic E-state index is 0.0425. The molecular formula is C16H13N3O5. The molecule has 122 valence electrons. The minimum atomic E-state index is -1.25. The first-order valence-corrected chi connectivity index (χ1v) is 7.23. The number of rotatable bonds is 5. The molecule has 2 aromatic carbocycles. The Balaban J connectivity index is 2.08. The van der Waals surface area contributed by atoms with Gasteiger partial charge in [0.05, 0.1) is 17.2 Å². The second kappa shape index (κ2) is 6.29. The Kier molecular flexibility index (Phi) is 4.18. The average Bonchev–Trinajstić information content (AvgIpc) is 2.58. The summed E-state index contributed by atoms with van der Waals surface area (Å²) < 4.78 is 4.68. The second-order valence-electron chi connectivity index (χ2n) is 5.36. The van der Waals surface area contributed by atoms with Crippen molar-refractivity contribution in [3.8, 4) is 0 Å². The van der Waals surface area contributed by atoms with E-state index in [1.807, 2.05) is 0 Å². The maximum atomic E-state index is 11.9. The number of carbonyl (C=O) groups is 2. The van der Waals surface area contributed by atoms with E-state index in [-0.39, 0.29) is 24.1 Å². The molecule has 0 aliphatic carbocycles. The van der Waals surface area contributed by atoms with Gasteiger partial charge in [0.1, 0.15) is 6.10 Å². The number of azide groups is 1. The van der Waals surface area contributed by atoms with Crippen molar-refractivity contribution >= 4 is 22.7 Å². The molecule has 8 nitrogen and oxygen atoms in total. The lowest BCUT2D eigenvalue weighted by molar-refractivity contribution is 0.0158. The molecule has 2 unspecified atom stereocenters. The largest absolute Gasteiger partial charge is 0.390 e. The minimum Gasteiger partial charge on any atom is -0.390 e. The van der Waals surface area contributed by atoms with Crippen LogP contribution < -0.4 is 0 Å². The van der Waals surface area contributed by atoms with Gasteiger partial charge in [0.15, 0.2) is 0 Å². The number of hydrogen-bond acceptors (Lipinski definition) is 6. The van der Waals surface area contributed by atoms with E-state index in [4.69, 9.17) is 5.53 Å². The van der Waals surface area contributed by atoms with Gasteiger partial charge in [-0.15, -0.1) is 0 Å². The molecule has 24 heavy (non-hydrogen) atoms. The highest BCUT2D eigenvalue weighted by atomic mass is 16.6. The van der Waals surface area contributed by atoms with Crippen LogP contribution in [-0.4, -0.2) is 34.8 Å². The van der Waals surface area contributed by atoms with Gasteiger partial charge in [-0.05, 0) is 35.0 Å². The van der Waals surface area contributed by atoms with E-state index < -0.39 is 24.1 Å². The van der Waals surface area contributed by atoms with E-state index in [0.29, 0.717) is 16.3 Å². The standard InChI is InChI=1S/C16H13N3O5/c17-19-18-7-6-12(20)14(21)9-4-5-11-13-8(9)2-1-3-10(13)15(22)24-16(11)23/h1-5,12,14,20-21H,6-7H2. The van der Waals surface area contributed by atoms with Crippen molar-refractivity contribution in [2.75, 3.05) is 6.54 Å². The molecule has 8 heteroatoms. The highest BCUT2D eigenvalue weighted by molar-refractivity contribution is 6.21. The van der Waals surface area contributed by atoms with E-state index in [0.717, 1.165) is 0 Å². The first-order valence-electron chi connectivity index (χ1n) is 7.23. The molecule has 1 aliphatic heterocycles. The monoisotopic (exact) mass is 327 g/mol. The summed E-state index contributed by atoms with van der Waals surface area (Å²) in [6, 6.07) is 7.78. The van der Waals surface area contributed by atoms with E-state index >= 15 is 0 Å². The van der Waals surface area contributed by atoms with Gasteiger partial charge in [-0.3, -0.25) is 0 Å². The van der Waals surface area contributed by atoms with Crippen LogP contribution in [0.4, 0.5) is 0 Å². The Morgan fingerprint density at radius 1 is 1.12 bits per heavy atom. The molecular weight excluding hydrogens is 314 g/mol. The van der Waals surface area contributed by atoms with Gasteiger partial charge < -0.3 is 14.9 Å². The van der Waals surface area contributed by atoms with E-state index in [1.165, 1.54) is 18.2 Å². The van der Waals surface area contributed by atoms with Gasteiger partial charge in [-0.2, -0.15) is 0 Å². The Morgan fingerprint density at radius 3 is 2.54 bits per heavy atom. The lowest BCUT2D eigenvalue weighted by Crippen LogP contribution is -2.22. The molecule has 0 radical (unpaired) electrons. The average molecular weight is 327 g/mol. The summed E-state index contributed by atoms with van der Waals surface area (Å²) >= 11 is 0. The normalized spacial score (nSPS) is 15.6. The molecule has 0 saturated carbocycles. The van der Waals surface area contributed by atoms with Crippen molar-refractivity contribution in [1.82, 2.24) is 0 Å². The van der Waals surface area contributed by atoms with Crippen LogP contribution in [0, 0.1) is 0 Å². The van der Waals surface area contributed by atoms with Crippen LogP contribution in [0.3, 0.4) is 0 Å². The number of benzene rings is 2. The van der Waals surface area contributed by atoms with Crippen LogP contribution in [0.1, 0.15) is 38.8 Å². The summed E-state index contributed by atoms with van der Waals surface area (Å²) in [4.78, 5) is 26.3. The molecule has 2 atom stereocenters. The maximum absolute atomic E-state index is 11.9. The number of ether oxygens (including phenoxy) is 1. The summed E-state index contributed by atoms with van der Waals surface area (Å²) in [5, 5.41) is 24.7. The first kappa shape index (κ1) is 15.9. The number of hydrogen-bond donors (Lipinski definition) is 2. The number of cyclic esters (lactones) is 2. The first-order chi connectivity index (χ1) is 11.5. The summed E-state index contributed by atoms with van der Waals surface area (Å²) in [6.45, 7) is 0.0425. The second-order valence-corrected chi connectivity index (χ2v) is 5.36. The molecule has 1 heterocycles. The highest BCUT2D eigenvalue weighted by Gasteiger charge is 2.29. The zero-order chi connectivity index (χ0) is 17.3. The van der Waals surface area contributed by atoms with Gasteiger partial charge in [0.2, 0.25) is 0 Å². The number of nitrogens with zero attached hydrogens (tertiary/aromatic N) is 3. The predicted octanol–water partition coefficient (Wildman–Crippen LogP) is 2.25. The van der Waals surface area contributed by atoms with Gasteiger partial charge in [-0.25, -0.2) is 9.59 Å². The van der Waals surface area contributed by atoms with Gasteiger partial charge >= 0.3 is 11.9 Å². The van der Waals surface area contributed by atoms with Crippen LogP contribution in [0.2, 0.25) is 0 Å². The third-order valence-corrected chi connectivity index (χ3v) is 3.97. The lowest BCUT2D eigenvalue weighted by atomic mass is 9.90. The highest BCUT2D eigenvalue weighted by Crippen LogP contribution is 2.34. The number of aliphatic hydroxyl groups excluding tert-OH is 2. The topological polar surface area (TPSA) is 133 Å². The summed E-state index contributed by atoms with van der Waals surface area (Å²) in [5.74, 6) is -1.48. The van der Waals surface area contributed by atoms with Gasteiger partial charge in [-0.1, -0.05) is 23.3 Å².